The van der Waals surface area contributed by atoms with Crippen molar-refractivity contribution < 1.29 is 9.84 Å². The zero-order valence-electron chi connectivity index (χ0n) is 7.77. The summed E-state index contributed by atoms with van der Waals surface area (Å²) in [5.74, 6) is 0.186. The molecule has 0 radical (unpaired) electrons. The summed E-state index contributed by atoms with van der Waals surface area (Å²) >= 11 is 0. The summed E-state index contributed by atoms with van der Waals surface area (Å²) in [7, 11) is 0. The van der Waals surface area contributed by atoms with Gasteiger partial charge in [-0.2, -0.15) is 4.98 Å². The van der Waals surface area contributed by atoms with Crippen LogP contribution in [0.3, 0.4) is 0 Å². The molecule has 0 unspecified atom stereocenters. The molecule has 2 rings (SSSR count). The van der Waals surface area contributed by atoms with Gasteiger partial charge in [0.05, 0.1) is 17.5 Å². The van der Waals surface area contributed by atoms with Crippen molar-refractivity contribution in [1.29, 1.82) is 0 Å². The summed E-state index contributed by atoms with van der Waals surface area (Å²) in [5, 5.41) is 10.1. The van der Waals surface area contributed by atoms with Gasteiger partial charge in [0.25, 0.3) is 0 Å². The van der Waals surface area contributed by atoms with E-state index in [9.17, 15) is 5.11 Å². The Hall–Kier alpha value is -1.84. The average molecular weight is 190 g/mol. The molecule has 0 aliphatic rings. The van der Waals surface area contributed by atoms with Crippen molar-refractivity contribution >= 4 is 10.9 Å². The highest BCUT2D eigenvalue weighted by Gasteiger charge is 2.02. The number of hydrogen-bond acceptors (Lipinski definition) is 4. The number of aromatic hydroxyl groups is 1. The first-order chi connectivity index (χ1) is 6.81. The van der Waals surface area contributed by atoms with Gasteiger partial charge >= 0.3 is 6.01 Å². The number of rotatable bonds is 2. The van der Waals surface area contributed by atoms with Crippen molar-refractivity contribution in [3.05, 3.63) is 24.4 Å². The van der Waals surface area contributed by atoms with Crippen LogP contribution in [0, 0.1) is 0 Å². The highest BCUT2D eigenvalue weighted by Crippen LogP contribution is 2.22. The van der Waals surface area contributed by atoms with E-state index in [0.29, 0.717) is 23.5 Å². The number of phenols is 1. The Labute approximate surface area is 81.2 Å². The highest BCUT2D eigenvalue weighted by molar-refractivity contribution is 5.83. The third-order valence-corrected chi connectivity index (χ3v) is 1.85. The first-order valence-electron chi connectivity index (χ1n) is 4.39. The van der Waals surface area contributed by atoms with Crippen LogP contribution >= 0.6 is 0 Å². The van der Waals surface area contributed by atoms with Crippen LogP contribution in [0.5, 0.6) is 11.8 Å². The van der Waals surface area contributed by atoms with Gasteiger partial charge < -0.3 is 9.84 Å². The van der Waals surface area contributed by atoms with E-state index < -0.39 is 0 Å². The van der Waals surface area contributed by atoms with Crippen LogP contribution in [0.15, 0.2) is 24.4 Å². The van der Waals surface area contributed by atoms with Gasteiger partial charge in [-0.25, -0.2) is 4.98 Å². The first kappa shape index (κ1) is 8.74. The van der Waals surface area contributed by atoms with Gasteiger partial charge in [0.1, 0.15) is 5.75 Å². The third-order valence-electron chi connectivity index (χ3n) is 1.85. The van der Waals surface area contributed by atoms with Crippen molar-refractivity contribution in [3.8, 4) is 11.8 Å². The zero-order chi connectivity index (χ0) is 9.97. The Morgan fingerprint density at radius 3 is 3.07 bits per heavy atom. The third kappa shape index (κ3) is 1.46. The van der Waals surface area contributed by atoms with Crippen LogP contribution in [0.4, 0.5) is 0 Å². The van der Waals surface area contributed by atoms with Crippen molar-refractivity contribution in [2.75, 3.05) is 6.61 Å². The predicted molar refractivity (Wildman–Crippen MR) is 52.4 cm³/mol. The number of nitrogens with zero attached hydrogens (tertiary/aromatic N) is 2. The largest absolute Gasteiger partial charge is 0.507 e. The molecule has 0 bridgehead atoms. The van der Waals surface area contributed by atoms with E-state index >= 15 is 0 Å². The van der Waals surface area contributed by atoms with E-state index in [1.807, 2.05) is 6.92 Å². The molecule has 0 fully saturated rings. The summed E-state index contributed by atoms with van der Waals surface area (Å²) < 4.78 is 5.15. The minimum Gasteiger partial charge on any atom is -0.507 e. The summed E-state index contributed by atoms with van der Waals surface area (Å²) in [6.07, 6.45) is 1.56. The monoisotopic (exact) mass is 190 g/mol. The lowest BCUT2D eigenvalue weighted by atomic mass is 10.2. The van der Waals surface area contributed by atoms with Gasteiger partial charge in [0, 0.05) is 6.20 Å². The molecule has 72 valence electrons. The van der Waals surface area contributed by atoms with Crippen LogP contribution in [-0.2, 0) is 0 Å². The minimum atomic E-state index is 0.186. The average Bonchev–Trinajstić information content (AvgIpc) is 2.18. The van der Waals surface area contributed by atoms with Gasteiger partial charge in [-0.1, -0.05) is 6.07 Å². The minimum absolute atomic E-state index is 0.186. The second-order valence-corrected chi connectivity index (χ2v) is 2.80. The lowest BCUT2D eigenvalue weighted by Gasteiger charge is -2.02. The van der Waals surface area contributed by atoms with Crippen LogP contribution in [0.1, 0.15) is 6.92 Å². The van der Waals surface area contributed by atoms with E-state index in [0.717, 1.165) is 0 Å². The molecule has 0 aliphatic heterocycles. The molecule has 0 atom stereocenters. The zero-order valence-corrected chi connectivity index (χ0v) is 7.77. The van der Waals surface area contributed by atoms with E-state index in [2.05, 4.69) is 9.97 Å². The maximum absolute atomic E-state index is 9.47. The van der Waals surface area contributed by atoms with Crippen LogP contribution < -0.4 is 4.74 Å². The van der Waals surface area contributed by atoms with Gasteiger partial charge in [-0.15, -0.1) is 0 Å². The highest BCUT2D eigenvalue weighted by atomic mass is 16.5. The van der Waals surface area contributed by atoms with Crippen molar-refractivity contribution in [2.24, 2.45) is 0 Å². The van der Waals surface area contributed by atoms with Gasteiger partial charge in [0.2, 0.25) is 0 Å². The topological polar surface area (TPSA) is 55.2 Å². The summed E-state index contributed by atoms with van der Waals surface area (Å²) in [6.45, 7) is 2.40. The number of fused-ring (bicyclic) bond motifs is 1. The Morgan fingerprint density at radius 2 is 2.29 bits per heavy atom. The van der Waals surface area contributed by atoms with Gasteiger partial charge in [-0.05, 0) is 19.1 Å². The van der Waals surface area contributed by atoms with Crippen molar-refractivity contribution in [1.82, 2.24) is 9.97 Å². The molecule has 0 amide bonds. The second-order valence-electron chi connectivity index (χ2n) is 2.80. The van der Waals surface area contributed by atoms with Crippen LogP contribution in [0.2, 0.25) is 0 Å². The maximum Gasteiger partial charge on any atom is 0.316 e. The lowest BCUT2D eigenvalue weighted by Crippen LogP contribution is -1.97. The summed E-state index contributed by atoms with van der Waals surface area (Å²) in [4.78, 5) is 8.10. The Balaban J connectivity index is 2.56. The smallest absolute Gasteiger partial charge is 0.316 e. The van der Waals surface area contributed by atoms with Gasteiger partial charge in [-0.3, -0.25) is 0 Å². The fourth-order valence-electron chi connectivity index (χ4n) is 1.22. The molecule has 4 nitrogen and oxygen atoms in total. The Kier molecular flexibility index (Phi) is 2.18. The molecule has 4 heteroatoms. The number of phenolic OH excluding ortho intramolecular Hbond substituents is 1. The van der Waals surface area contributed by atoms with E-state index in [4.69, 9.17) is 4.74 Å². The van der Waals surface area contributed by atoms with Crippen LogP contribution in [0.25, 0.3) is 10.9 Å². The van der Waals surface area contributed by atoms with Crippen molar-refractivity contribution in [3.63, 3.8) is 0 Å². The molecule has 2 aromatic rings. The fourth-order valence-corrected chi connectivity index (χ4v) is 1.22. The normalized spacial score (nSPS) is 10.4. The molecule has 1 aromatic heterocycles. The van der Waals surface area contributed by atoms with Gasteiger partial charge in [0.15, 0.2) is 0 Å². The predicted octanol–water partition coefficient (Wildman–Crippen LogP) is 1.73. The molecule has 14 heavy (non-hydrogen) atoms. The molecule has 0 spiro atoms. The SMILES string of the molecule is CCOc1ncc2c(O)cccc2n1. The number of aromatic nitrogens is 2. The Bertz CT molecular complexity index is 457. The van der Waals surface area contributed by atoms with Crippen LogP contribution in [-0.4, -0.2) is 21.7 Å². The van der Waals surface area contributed by atoms with E-state index in [-0.39, 0.29) is 5.75 Å². The number of ether oxygens (including phenoxy) is 1. The molecule has 1 heterocycles. The molecule has 0 saturated heterocycles. The number of benzene rings is 1. The molecular weight excluding hydrogens is 180 g/mol. The lowest BCUT2D eigenvalue weighted by molar-refractivity contribution is 0.314. The molecule has 0 aliphatic carbocycles. The molecule has 1 aromatic carbocycles. The quantitative estimate of drug-likeness (QED) is 0.783. The molecule has 0 saturated carbocycles. The second kappa shape index (κ2) is 3.49. The first-order valence-corrected chi connectivity index (χ1v) is 4.39. The summed E-state index contributed by atoms with van der Waals surface area (Å²) in [5.41, 5.74) is 0.684. The Morgan fingerprint density at radius 1 is 1.43 bits per heavy atom. The number of hydrogen-bond donors (Lipinski definition) is 1. The summed E-state index contributed by atoms with van der Waals surface area (Å²) in [6, 6.07) is 5.48. The molecular formula is C10H10N2O2. The van der Waals surface area contributed by atoms with E-state index in [1.54, 1.807) is 24.4 Å². The van der Waals surface area contributed by atoms with E-state index in [1.165, 1.54) is 0 Å². The maximum atomic E-state index is 9.47. The molecule has 1 N–H and O–H groups in total. The fraction of sp³-hybridized carbons (Fsp3) is 0.200. The standard InChI is InChI=1S/C10H10N2O2/c1-2-14-10-11-6-7-8(12-10)4-3-5-9(7)13/h3-6,13H,2H2,1H3. The van der Waals surface area contributed by atoms with Crippen molar-refractivity contribution in [2.45, 2.75) is 6.92 Å².